The summed E-state index contributed by atoms with van der Waals surface area (Å²) >= 11 is 0. The molecule has 0 bridgehead atoms. The predicted octanol–water partition coefficient (Wildman–Crippen LogP) is 0.288. The van der Waals surface area contributed by atoms with Crippen molar-refractivity contribution < 1.29 is 23.1 Å². The summed E-state index contributed by atoms with van der Waals surface area (Å²) in [6, 6.07) is 7.82. The fourth-order valence-corrected chi connectivity index (χ4v) is 2.73. The van der Waals surface area contributed by atoms with Gasteiger partial charge < -0.3 is 10.4 Å². The highest BCUT2D eigenvalue weighted by atomic mass is 32.2. The van der Waals surface area contributed by atoms with Gasteiger partial charge in [-0.15, -0.1) is 0 Å². The van der Waals surface area contributed by atoms with Gasteiger partial charge in [0.1, 0.15) is 0 Å². The molecule has 0 aliphatic rings. The Morgan fingerprint density at radius 3 is 2.43 bits per heavy atom. The molecule has 0 aliphatic carbocycles. The Bertz CT molecular complexity index is 586. The molecule has 0 heterocycles. The van der Waals surface area contributed by atoms with E-state index in [9.17, 15) is 18.0 Å². The van der Waals surface area contributed by atoms with E-state index in [-0.39, 0.29) is 24.4 Å². The lowest BCUT2D eigenvalue weighted by molar-refractivity contribution is -0.137. The highest BCUT2D eigenvalue weighted by Gasteiger charge is 2.22. The first-order valence-corrected chi connectivity index (χ1v) is 7.78. The minimum absolute atomic E-state index is 0.0432. The van der Waals surface area contributed by atoms with E-state index in [1.54, 1.807) is 18.2 Å². The molecule has 21 heavy (non-hydrogen) atoms. The highest BCUT2D eigenvalue weighted by molar-refractivity contribution is 7.89. The van der Waals surface area contributed by atoms with Crippen LogP contribution >= 0.6 is 0 Å². The van der Waals surface area contributed by atoms with Crippen molar-refractivity contribution in [2.75, 3.05) is 20.1 Å². The average Bonchev–Trinajstić information content (AvgIpc) is 2.44. The van der Waals surface area contributed by atoms with Crippen LogP contribution in [0.15, 0.2) is 35.2 Å². The van der Waals surface area contributed by atoms with E-state index in [0.717, 1.165) is 4.31 Å². The number of hydrogen-bond donors (Lipinski definition) is 2. The van der Waals surface area contributed by atoms with Crippen LogP contribution in [0.5, 0.6) is 0 Å². The molecule has 0 spiro atoms. The van der Waals surface area contributed by atoms with Gasteiger partial charge in [0.2, 0.25) is 15.9 Å². The normalized spacial score (nSPS) is 11.3. The molecule has 2 N–H and O–H groups in total. The van der Waals surface area contributed by atoms with E-state index < -0.39 is 21.9 Å². The Kier molecular flexibility index (Phi) is 6.32. The highest BCUT2D eigenvalue weighted by Crippen LogP contribution is 2.12. The van der Waals surface area contributed by atoms with Crippen molar-refractivity contribution in [2.45, 2.75) is 17.7 Å². The van der Waals surface area contributed by atoms with Gasteiger partial charge in [0.15, 0.2) is 0 Å². The van der Waals surface area contributed by atoms with Crippen LogP contribution in [0.3, 0.4) is 0 Å². The van der Waals surface area contributed by atoms with Crippen molar-refractivity contribution in [1.29, 1.82) is 0 Å². The van der Waals surface area contributed by atoms with Gasteiger partial charge >= 0.3 is 5.97 Å². The molecule has 116 valence electrons. The maximum atomic E-state index is 12.2. The predicted molar refractivity (Wildman–Crippen MR) is 76.1 cm³/mol. The van der Waals surface area contributed by atoms with Crippen LogP contribution < -0.4 is 5.32 Å². The van der Waals surface area contributed by atoms with E-state index in [4.69, 9.17) is 5.11 Å². The Morgan fingerprint density at radius 1 is 1.24 bits per heavy atom. The first-order valence-electron chi connectivity index (χ1n) is 6.34. The molecule has 1 aromatic carbocycles. The zero-order chi connectivity index (χ0) is 15.9. The summed E-state index contributed by atoms with van der Waals surface area (Å²) in [5.41, 5.74) is 0. The molecule has 0 atom stereocenters. The molecule has 1 rings (SSSR count). The number of carbonyl (C=O) groups is 2. The Balaban J connectivity index is 2.51. The fourth-order valence-electron chi connectivity index (χ4n) is 1.58. The fraction of sp³-hybridized carbons (Fsp3) is 0.385. The largest absolute Gasteiger partial charge is 0.481 e. The van der Waals surface area contributed by atoms with Gasteiger partial charge in [-0.25, -0.2) is 8.42 Å². The molecule has 1 aromatic rings. The van der Waals surface area contributed by atoms with Crippen LogP contribution in [0.25, 0.3) is 0 Å². The van der Waals surface area contributed by atoms with E-state index >= 15 is 0 Å². The Hall–Kier alpha value is -1.93. The van der Waals surface area contributed by atoms with Crippen LogP contribution in [0.4, 0.5) is 0 Å². The van der Waals surface area contributed by atoms with Crippen LogP contribution in [0, 0.1) is 0 Å². The number of benzene rings is 1. The Labute approximate surface area is 123 Å². The van der Waals surface area contributed by atoms with E-state index in [0.29, 0.717) is 6.42 Å². The first-order chi connectivity index (χ1) is 9.84. The van der Waals surface area contributed by atoms with Crippen molar-refractivity contribution in [3.63, 3.8) is 0 Å². The number of hydrogen-bond acceptors (Lipinski definition) is 4. The lowest BCUT2D eigenvalue weighted by Crippen LogP contribution is -2.38. The molecule has 0 fully saturated rings. The standard InChI is InChI=1S/C13H18N2O5S/c1-15(10-12(16)14-9-5-8-13(17)18)21(19,20)11-6-3-2-4-7-11/h2-4,6-7H,5,8-10H2,1H3,(H,14,16)(H,17,18). The third-order valence-corrected chi connectivity index (χ3v) is 4.52. The summed E-state index contributed by atoms with van der Waals surface area (Å²) in [7, 11) is -2.38. The lowest BCUT2D eigenvalue weighted by Gasteiger charge is -2.16. The van der Waals surface area contributed by atoms with Crippen LogP contribution in [0.1, 0.15) is 12.8 Å². The van der Waals surface area contributed by atoms with Crippen molar-refractivity contribution >= 4 is 21.9 Å². The number of carboxylic acids is 1. The smallest absolute Gasteiger partial charge is 0.303 e. The zero-order valence-electron chi connectivity index (χ0n) is 11.7. The number of likely N-dealkylation sites (N-methyl/N-ethyl adjacent to an activating group) is 1. The second-order valence-electron chi connectivity index (χ2n) is 4.42. The molecule has 8 heteroatoms. The monoisotopic (exact) mass is 314 g/mol. The summed E-state index contributed by atoms with van der Waals surface area (Å²) in [6.45, 7) is -0.116. The van der Waals surface area contributed by atoms with Crippen molar-refractivity contribution in [1.82, 2.24) is 9.62 Å². The third-order valence-electron chi connectivity index (χ3n) is 2.71. The van der Waals surface area contributed by atoms with Crippen molar-refractivity contribution in [3.8, 4) is 0 Å². The number of sulfonamides is 1. The molecule has 0 aliphatic heterocycles. The molecule has 0 unspecified atom stereocenters. The van der Waals surface area contributed by atoms with E-state index in [2.05, 4.69) is 5.32 Å². The second kappa shape index (κ2) is 7.75. The van der Waals surface area contributed by atoms with Gasteiger partial charge in [-0.2, -0.15) is 4.31 Å². The molecule has 0 saturated carbocycles. The number of aliphatic carboxylic acids is 1. The SMILES string of the molecule is CN(CC(=O)NCCCC(=O)O)S(=O)(=O)c1ccccc1. The number of amides is 1. The molecule has 0 radical (unpaired) electrons. The minimum atomic E-state index is -3.70. The summed E-state index contributed by atoms with van der Waals surface area (Å²) in [5.74, 6) is -1.41. The molecular formula is C13H18N2O5S. The number of carbonyl (C=O) groups excluding carboxylic acids is 1. The Morgan fingerprint density at radius 2 is 1.86 bits per heavy atom. The second-order valence-corrected chi connectivity index (χ2v) is 6.47. The number of rotatable bonds is 8. The molecular weight excluding hydrogens is 296 g/mol. The van der Waals surface area contributed by atoms with Crippen LogP contribution in [-0.2, 0) is 19.6 Å². The number of nitrogens with one attached hydrogen (secondary N) is 1. The number of nitrogens with zero attached hydrogens (tertiary/aromatic N) is 1. The van der Waals surface area contributed by atoms with Gasteiger partial charge in [-0.05, 0) is 18.6 Å². The summed E-state index contributed by atoms with van der Waals surface area (Å²) in [6.07, 6.45) is 0.259. The average molecular weight is 314 g/mol. The number of carboxylic acid groups (broad SMARTS) is 1. The lowest BCUT2D eigenvalue weighted by atomic mass is 10.3. The topological polar surface area (TPSA) is 104 Å². The first kappa shape index (κ1) is 17.1. The van der Waals surface area contributed by atoms with E-state index in [1.807, 2.05) is 0 Å². The third kappa shape index (κ3) is 5.52. The maximum Gasteiger partial charge on any atom is 0.303 e. The van der Waals surface area contributed by atoms with Gasteiger partial charge in [0.25, 0.3) is 0 Å². The quantitative estimate of drug-likeness (QED) is 0.671. The van der Waals surface area contributed by atoms with E-state index in [1.165, 1.54) is 19.2 Å². The minimum Gasteiger partial charge on any atom is -0.481 e. The van der Waals surface area contributed by atoms with Crippen LogP contribution in [-0.4, -0.2) is 49.8 Å². The van der Waals surface area contributed by atoms with Gasteiger partial charge in [0, 0.05) is 20.0 Å². The van der Waals surface area contributed by atoms with Gasteiger partial charge in [0.05, 0.1) is 11.4 Å². The van der Waals surface area contributed by atoms with Crippen molar-refractivity contribution in [3.05, 3.63) is 30.3 Å². The zero-order valence-corrected chi connectivity index (χ0v) is 12.5. The van der Waals surface area contributed by atoms with Crippen molar-refractivity contribution in [2.24, 2.45) is 0 Å². The molecule has 0 saturated heterocycles. The van der Waals surface area contributed by atoms with Gasteiger partial charge in [-0.3, -0.25) is 9.59 Å². The molecule has 0 aromatic heterocycles. The molecule has 1 amide bonds. The summed E-state index contributed by atoms with van der Waals surface area (Å²) < 4.78 is 25.3. The maximum absolute atomic E-state index is 12.2. The molecule has 7 nitrogen and oxygen atoms in total. The summed E-state index contributed by atoms with van der Waals surface area (Å²) in [4.78, 5) is 22.0. The summed E-state index contributed by atoms with van der Waals surface area (Å²) in [5, 5.41) is 10.9. The van der Waals surface area contributed by atoms with Gasteiger partial charge in [-0.1, -0.05) is 18.2 Å². The van der Waals surface area contributed by atoms with Crippen LogP contribution in [0.2, 0.25) is 0 Å².